The van der Waals surface area contributed by atoms with E-state index in [-0.39, 0.29) is 12.5 Å². The summed E-state index contributed by atoms with van der Waals surface area (Å²) in [5.74, 6) is -0.825. The lowest BCUT2D eigenvalue weighted by molar-refractivity contribution is -0.150. The van der Waals surface area contributed by atoms with E-state index < -0.39 is 17.5 Å². The summed E-state index contributed by atoms with van der Waals surface area (Å²) in [4.78, 5) is 24.0. The second-order valence-electron chi connectivity index (χ2n) is 4.26. The van der Waals surface area contributed by atoms with Crippen LogP contribution in [0.25, 0.3) is 0 Å². The van der Waals surface area contributed by atoms with Crippen molar-refractivity contribution in [1.29, 1.82) is 0 Å². The van der Waals surface area contributed by atoms with E-state index in [4.69, 9.17) is 0 Å². The normalized spacial score (nSPS) is 25.7. The molecule has 86 valence electrons. The van der Waals surface area contributed by atoms with Crippen LogP contribution in [0.5, 0.6) is 0 Å². The summed E-state index contributed by atoms with van der Waals surface area (Å²) in [6, 6.07) is 0. The van der Waals surface area contributed by atoms with Gasteiger partial charge in [-0.2, -0.15) is 0 Å². The molecule has 1 rings (SSSR count). The number of carbonyl (C=O) groups is 2. The minimum absolute atomic E-state index is 0.00431. The number of rotatable bonds is 2. The Morgan fingerprint density at radius 2 is 2.07 bits per heavy atom. The van der Waals surface area contributed by atoms with Crippen LogP contribution in [0.3, 0.4) is 0 Å². The summed E-state index contributed by atoms with van der Waals surface area (Å²) >= 11 is 0. The summed E-state index contributed by atoms with van der Waals surface area (Å²) in [5.41, 5.74) is -0.811. The standard InChI is InChI=1S/C10H17NO4/c1-7(2)10(8(12)13)4-5-11(6-10)9(14)15-3/h7H,4-6H2,1-3H3,(H,12,13). The Morgan fingerprint density at radius 1 is 1.47 bits per heavy atom. The summed E-state index contributed by atoms with van der Waals surface area (Å²) < 4.78 is 4.58. The topological polar surface area (TPSA) is 66.8 Å². The number of nitrogens with zero attached hydrogens (tertiary/aromatic N) is 1. The fourth-order valence-electron chi connectivity index (χ4n) is 2.01. The zero-order valence-corrected chi connectivity index (χ0v) is 9.32. The van der Waals surface area contributed by atoms with Crippen molar-refractivity contribution in [2.45, 2.75) is 20.3 Å². The minimum Gasteiger partial charge on any atom is -0.481 e. The molecule has 0 aromatic heterocycles. The number of likely N-dealkylation sites (tertiary alicyclic amines) is 1. The van der Waals surface area contributed by atoms with Gasteiger partial charge in [0.05, 0.1) is 12.5 Å². The third kappa shape index (κ3) is 1.91. The summed E-state index contributed by atoms with van der Waals surface area (Å²) in [5, 5.41) is 9.23. The molecular weight excluding hydrogens is 198 g/mol. The number of aliphatic carboxylic acids is 1. The van der Waals surface area contributed by atoms with Crippen molar-refractivity contribution >= 4 is 12.1 Å². The van der Waals surface area contributed by atoms with Crippen molar-refractivity contribution in [2.24, 2.45) is 11.3 Å². The molecule has 0 radical (unpaired) electrons. The molecular formula is C10H17NO4. The van der Waals surface area contributed by atoms with Gasteiger partial charge in [-0.25, -0.2) is 4.79 Å². The van der Waals surface area contributed by atoms with Crippen molar-refractivity contribution in [3.05, 3.63) is 0 Å². The van der Waals surface area contributed by atoms with Gasteiger partial charge in [-0.1, -0.05) is 13.8 Å². The van der Waals surface area contributed by atoms with E-state index in [1.807, 2.05) is 13.8 Å². The maximum Gasteiger partial charge on any atom is 0.409 e. The molecule has 1 N–H and O–H groups in total. The van der Waals surface area contributed by atoms with Crippen molar-refractivity contribution < 1.29 is 19.4 Å². The van der Waals surface area contributed by atoms with Crippen LogP contribution >= 0.6 is 0 Å². The lowest BCUT2D eigenvalue weighted by Gasteiger charge is -2.28. The largest absolute Gasteiger partial charge is 0.481 e. The fraction of sp³-hybridized carbons (Fsp3) is 0.800. The fourth-order valence-corrected chi connectivity index (χ4v) is 2.01. The molecule has 0 saturated carbocycles. The Labute approximate surface area is 89.0 Å². The first kappa shape index (κ1) is 11.8. The van der Waals surface area contributed by atoms with Crippen LogP contribution in [-0.4, -0.2) is 42.3 Å². The zero-order chi connectivity index (χ0) is 11.6. The van der Waals surface area contributed by atoms with Crippen LogP contribution in [0, 0.1) is 11.3 Å². The molecule has 1 aliphatic heterocycles. The lowest BCUT2D eigenvalue weighted by atomic mass is 9.76. The molecule has 5 nitrogen and oxygen atoms in total. The average molecular weight is 215 g/mol. The Balaban J connectivity index is 2.81. The molecule has 0 aromatic rings. The molecule has 1 aliphatic rings. The molecule has 1 atom stereocenters. The zero-order valence-electron chi connectivity index (χ0n) is 9.32. The Morgan fingerprint density at radius 3 is 2.40 bits per heavy atom. The number of methoxy groups -OCH3 is 1. The number of carboxylic acids is 1. The van der Waals surface area contributed by atoms with Gasteiger partial charge in [0.2, 0.25) is 0 Å². The molecule has 5 heteroatoms. The third-order valence-corrected chi connectivity index (χ3v) is 3.26. The first-order valence-corrected chi connectivity index (χ1v) is 5.00. The van der Waals surface area contributed by atoms with Crippen LogP contribution in [0.4, 0.5) is 4.79 Å². The number of ether oxygens (including phenoxy) is 1. The highest BCUT2D eigenvalue weighted by Gasteiger charge is 2.48. The monoisotopic (exact) mass is 215 g/mol. The van der Waals surface area contributed by atoms with Gasteiger partial charge in [0.1, 0.15) is 0 Å². The molecule has 1 unspecified atom stereocenters. The van der Waals surface area contributed by atoms with Crippen molar-refractivity contribution in [3.63, 3.8) is 0 Å². The smallest absolute Gasteiger partial charge is 0.409 e. The van der Waals surface area contributed by atoms with Gasteiger partial charge in [0.15, 0.2) is 0 Å². The second-order valence-corrected chi connectivity index (χ2v) is 4.26. The van der Waals surface area contributed by atoms with Crippen molar-refractivity contribution in [1.82, 2.24) is 4.90 Å². The lowest BCUT2D eigenvalue weighted by Crippen LogP contribution is -2.40. The SMILES string of the molecule is COC(=O)N1CCC(C(=O)O)(C(C)C)C1. The van der Waals surface area contributed by atoms with Gasteiger partial charge >= 0.3 is 12.1 Å². The van der Waals surface area contributed by atoms with Gasteiger partial charge in [0.25, 0.3) is 0 Å². The summed E-state index contributed by atoms with van der Waals surface area (Å²) in [6.45, 7) is 4.44. The number of hydrogen-bond donors (Lipinski definition) is 1. The molecule has 1 fully saturated rings. The molecule has 0 spiro atoms. The number of carboxylic acid groups (broad SMARTS) is 1. The Bertz CT molecular complexity index is 277. The van der Waals surface area contributed by atoms with E-state index in [0.717, 1.165) is 0 Å². The van der Waals surface area contributed by atoms with E-state index >= 15 is 0 Å². The van der Waals surface area contributed by atoms with E-state index in [9.17, 15) is 14.7 Å². The highest BCUT2D eigenvalue weighted by Crippen LogP contribution is 2.38. The number of carbonyl (C=O) groups excluding carboxylic acids is 1. The molecule has 1 saturated heterocycles. The molecule has 15 heavy (non-hydrogen) atoms. The summed E-state index contributed by atoms with van der Waals surface area (Å²) in [7, 11) is 1.30. The first-order valence-electron chi connectivity index (χ1n) is 5.00. The van der Waals surface area contributed by atoms with Crippen LogP contribution in [0.1, 0.15) is 20.3 Å². The second kappa shape index (κ2) is 4.08. The van der Waals surface area contributed by atoms with Crippen LogP contribution < -0.4 is 0 Å². The number of amides is 1. The Kier molecular flexibility index (Phi) is 3.21. The highest BCUT2D eigenvalue weighted by atomic mass is 16.5. The van der Waals surface area contributed by atoms with Crippen molar-refractivity contribution in [3.8, 4) is 0 Å². The molecule has 0 bridgehead atoms. The molecule has 1 heterocycles. The van der Waals surface area contributed by atoms with Gasteiger partial charge < -0.3 is 14.7 Å². The average Bonchev–Trinajstić information content (AvgIpc) is 2.62. The van der Waals surface area contributed by atoms with E-state index in [2.05, 4.69) is 4.74 Å². The van der Waals surface area contributed by atoms with Gasteiger partial charge in [-0.15, -0.1) is 0 Å². The molecule has 0 aliphatic carbocycles. The van der Waals surface area contributed by atoms with Crippen molar-refractivity contribution in [2.75, 3.05) is 20.2 Å². The third-order valence-electron chi connectivity index (χ3n) is 3.26. The first-order chi connectivity index (χ1) is 6.94. The predicted molar refractivity (Wildman–Crippen MR) is 53.5 cm³/mol. The molecule has 0 aromatic carbocycles. The highest BCUT2D eigenvalue weighted by molar-refractivity contribution is 5.78. The Hall–Kier alpha value is -1.26. The van der Waals surface area contributed by atoms with Crippen LogP contribution in [0.15, 0.2) is 0 Å². The van der Waals surface area contributed by atoms with Crippen LogP contribution in [-0.2, 0) is 9.53 Å². The quantitative estimate of drug-likeness (QED) is 0.751. The van der Waals surface area contributed by atoms with E-state index in [1.165, 1.54) is 12.0 Å². The van der Waals surface area contributed by atoms with Gasteiger partial charge in [-0.05, 0) is 12.3 Å². The van der Waals surface area contributed by atoms with Gasteiger partial charge in [-0.3, -0.25) is 4.79 Å². The van der Waals surface area contributed by atoms with Crippen LogP contribution in [0.2, 0.25) is 0 Å². The predicted octanol–water partition coefficient (Wildman–Crippen LogP) is 1.19. The number of hydrogen-bond acceptors (Lipinski definition) is 3. The molecule has 1 amide bonds. The van der Waals surface area contributed by atoms with Gasteiger partial charge in [0, 0.05) is 13.1 Å². The maximum atomic E-state index is 11.3. The maximum absolute atomic E-state index is 11.3. The van der Waals surface area contributed by atoms with E-state index in [1.54, 1.807) is 0 Å². The minimum atomic E-state index is -0.830. The summed E-state index contributed by atoms with van der Waals surface area (Å²) in [6.07, 6.45) is 0.0496. The van der Waals surface area contributed by atoms with E-state index in [0.29, 0.717) is 13.0 Å².